The van der Waals surface area contributed by atoms with Crippen molar-refractivity contribution >= 4 is 11.9 Å². The summed E-state index contributed by atoms with van der Waals surface area (Å²) in [4.78, 5) is 26.0. The van der Waals surface area contributed by atoms with E-state index in [1.165, 1.54) is 0 Å². The molecule has 0 spiro atoms. The number of piperidine rings is 1. The number of hydrogen-bond donors (Lipinski definition) is 1. The van der Waals surface area contributed by atoms with Gasteiger partial charge in [-0.05, 0) is 37.0 Å². The first-order valence-corrected chi connectivity index (χ1v) is 7.11. The van der Waals surface area contributed by atoms with Crippen LogP contribution in [0.5, 0.6) is 0 Å². The van der Waals surface area contributed by atoms with Crippen molar-refractivity contribution in [2.45, 2.75) is 59.4 Å². The van der Waals surface area contributed by atoms with Gasteiger partial charge in [-0.2, -0.15) is 0 Å². The molecule has 4 nitrogen and oxygen atoms in total. The lowest BCUT2D eigenvalue weighted by Gasteiger charge is -2.42. The Kier molecular flexibility index (Phi) is 3.00. The topological polar surface area (TPSA) is 57.6 Å². The summed E-state index contributed by atoms with van der Waals surface area (Å²) in [5.41, 5.74) is -1.11. The Hall–Kier alpha value is -1.06. The molecular weight excluding hydrogens is 242 g/mol. The van der Waals surface area contributed by atoms with Crippen molar-refractivity contribution in [1.29, 1.82) is 0 Å². The molecule has 1 heterocycles. The van der Waals surface area contributed by atoms with Crippen LogP contribution in [0.1, 0.15) is 53.9 Å². The first-order chi connectivity index (χ1) is 8.57. The normalized spacial score (nSPS) is 33.0. The maximum Gasteiger partial charge on any atom is 0.329 e. The molecule has 1 saturated heterocycles. The van der Waals surface area contributed by atoms with Crippen molar-refractivity contribution in [3.8, 4) is 0 Å². The molecule has 0 aromatic carbocycles. The Morgan fingerprint density at radius 2 is 1.58 bits per heavy atom. The summed E-state index contributed by atoms with van der Waals surface area (Å²) in [7, 11) is 0. The zero-order chi connectivity index (χ0) is 14.6. The monoisotopic (exact) mass is 267 g/mol. The maximum atomic E-state index is 12.8. The fourth-order valence-corrected chi connectivity index (χ4v) is 3.67. The highest BCUT2D eigenvalue weighted by Gasteiger charge is 2.69. The van der Waals surface area contributed by atoms with Crippen LogP contribution < -0.4 is 0 Å². The molecule has 1 amide bonds. The number of carbonyl (C=O) groups is 2. The molecule has 1 unspecified atom stereocenters. The third-order valence-electron chi connectivity index (χ3n) is 5.89. The second-order valence-corrected chi connectivity index (χ2v) is 7.40. The summed E-state index contributed by atoms with van der Waals surface area (Å²) in [6, 6.07) is 0. The molecule has 1 saturated carbocycles. The molecule has 1 atom stereocenters. The number of carboxylic acid groups (broad SMARTS) is 1. The molecule has 19 heavy (non-hydrogen) atoms. The molecule has 0 aromatic rings. The van der Waals surface area contributed by atoms with Crippen molar-refractivity contribution in [3.05, 3.63) is 0 Å². The summed E-state index contributed by atoms with van der Waals surface area (Å²) in [6.07, 6.45) is 2.34. The minimum atomic E-state index is -1.02. The van der Waals surface area contributed by atoms with Crippen LogP contribution in [0.25, 0.3) is 0 Å². The van der Waals surface area contributed by atoms with E-state index < -0.39 is 11.5 Å². The van der Waals surface area contributed by atoms with Gasteiger partial charge in [0.25, 0.3) is 0 Å². The molecule has 0 bridgehead atoms. The van der Waals surface area contributed by atoms with Crippen molar-refractivity contribution in [2.24, 2.45) is 16.7 Å². The molecule has 1 aliphatic heterocycles. The van der Waals surface area contributed by atoms with Crippen molar-refractivity contribution < 1.29 is 14.7 Å². The number of amides is 1. The van der Waals surface area contributed by atoms with Gasteiger partial charge in [0.1, 0.15) is 5.54 Å². The Labute approximate surface area is 115 Å². The molecule has 2 fully saturated rings. The average Bonchev–Trinajstić information content (AvgIpc) is 2.69. The summed E-state index contributed by atoms with van der Waals surface area (Å²) in [5, 5.41) is 9.49. The lowest BCUT2D eigenvalue weighted by molar-refractivity contribution is -0.162. The van der Waals surface area contributed by atoms with E-state index >= 15 is 0 Å². The van der Waals surface area contributed by atoms with Crippen LogP contribution in [0, 0.1) is 16.7 Å². The van der Waals surface area contributed by atoms with Crippen molar-refractivity contribution in [1.82, 2.24) is 4.90 Å². The first kappa shape index (κ1) is 14.4. The van der Waals surface area contributed by atoms with Gasteiger partial charge in [0.05, 0.1) is 0 Å². The van der Waals surface area contributed by atoms with E-state index in [-0.39, 0.29) is 22.7 Å². The fraction of sp³-hybridized carbons (Fsp3) is 0.867. The fourth-order valence-electron chi connectivity index (χ4n) is 3.67. The van der Waals surface area contributed by atoms with Crippen LogP contribution in [0.4, 0.5) is 0 Å². The van der Waals surface area contributed by atoms with Crippen LogP contribution in [-0.4, -0.2) is 34.0 Å². The van der Waals surface area contributed by atoms with Gasteiger partial charge in [-0.3, -0.25) is 4.79 Å². The predicted molar refractivity (Wildman–Crippen MR) is 72.7 cm³/mol. The minimum Gasteiger partial charge on any atom is -0.480 e. The average molecular weight is 267 g/mol. The SMILES string of the molecule is CC1(C(=O)O)CCCCN1C(=O)C1C(C)(C)C1(C)C. The van der Waals surface area contributed by atoms with Crippen LogP contribution in [0.15, 0.2) is 0 Å². The Bertz CT molecular complexity index is 413. The van der Waals surface area contributed by atoms with Crippen molar-refractivity contribution in [2.75, 3.05) is 6.54 Å². The number of carboxylic acids is 1. The molecular formula is C15H25NO3. The van der Waals surface area contributed by atoms with E-state index in [4.69, 9.17) is 0 Å². The highest BCUT2D eigenvalue weighted by molar-refractivity contribution is 5.90. The summed E-state index contributed by atoms with van der Waals surface area (Å²) in [6.45, 7) is 10.6. The number of carbonyl (C=O) groups excluding carboxylic acids is 1. The summed E-state index contributed by atoms with van der Waals surface area (Å²) >= 11 is 0. The zero-order valence-corrected chi connectivity index (χ0v) is 12.6. The number of hydrogen-bond acceptors (Lipinski definition) is 2. The van der Waals surface area contributed by atoms with Crippen LogP contribution in [0.3, 0.4) is 0 Å². The Balaban J connectivity index is 2.26. The highest BCUT2D eigenvalue weighted by Crippen LogP contribution is 2.69. The molecule has 2 aliphatic rings. The summed E-state index contributed by atoms with van der Waals surface area (Å²) < 4.78 is 0. The van der Waals surface area contributed by atoms with Gasteiger partial charge >= 0.3 is 5.97 Å². The van der Waals surface area contributed by atoms with E-state index in [9.17, 15) is 14.7 Å². The van der Waals surface area contributed by atoms with Crippen molar-refractivity contribution in [3.63, 3.8) is 0 Å². The molecule has 4 heteroatoms. The van der Waals surface area contributed by atoms with E-state index in [0.29, 0.717) is 13.0 Å². The smallest absolute Gasteiger partial charge is 0.329 e. The number of likely N-dealkylation sites (tertiary alicyclic amines) is 1. The van der Waals surface area contributed by atoms with Crippen LogP contribution >= 0.6 is 0 Å². The number of rotatable bonds is 2. The number of nitrogens with zero attached hydrogens (tertiary/aromatic N) is 1. The quantitative estimate of drug-likeness (QED) is 0.836. The van der Waals surface area contributed by atoms with Gasteiger partial charge in [-0.25, -0.2) is 4.79 Å². The second kappa shape index (κ2) is 3.97. The Morgan fingerprint density at radius 1 is 1.05 bits per heavy atom. The van der Waals surface area contributed by atoms with E-state index in [1.54, 1.807) is 11.8 Å². The van der Waals surface area contributed by atoms with Crippen LogP contribution in [0.2, 0.25) is 0 Å². The third-order valence-corrected chi connectivity index (χ3v) is 5.89. The molecule has 1 N–H and O–H groups in total. The molecule has 108 valence electrons. The maximum absolute atomic E-state index is 12.8. The van der Waals surface area contributed by atoms with Gasteiger partial charge in [0.2, 0.25) is 5.91 Å². The Morgan fingerprint density at radius 3 is 2.00 bits per heavy atom. The molecule has 1 aliphatic carbocycles. The molecule has 0 aromatic heterocycles. The van der Waals surface area contributed by atoms with Crippen LogP contribution in [-0.2, 0) is 9.59 Å². The lowest BCUT2D eigenvalue weighted by atomic mass is 9.87. The first-order valence-electron chi connectivity index (χ1n) is 7.11. The van der Waals surface area contributed by atoms with E-state index in [0.717, 1.165) is 12.8 Å². The van der Waals surface area contributed by atoms with Gasteiger partial charge in [0, 0.05) is 12.5 Å². The molecule has 0 radical (unpaired) electrons. The minimum absolute atomic E-state index is 0.0274. The predicted octanol–water partition coefficient (Wildman–Crippen LogP) is 2.52. The van der Waals surface area contributed by atoms with Gasteiger partial charge < -0.3 is 10.0 Å². The molecule has 2 rings (SSSR count). The highest BCUT2D eigenvalue weighted by atomic mass is 16.4. The van der Waals surface area contributed by atoms with E-state index in [2.05, 4.69) is 27.7 Å². The lowest BCUT2D eigenvalue weighted by Crippen LogP contribution is -2.58. The van der Waals surface area contributed by atoms with Gasteiger partial charge in [-0.15, -0.1) is 0 Å². The van der Waals surface area contributed by atoms with Gasteiger partial charge in [-0.1, -0.05) is 27.7 Å². The second-order valence-electron chi connectivity index (χ2n) is 7.40. The largest absolute Gasteiger partial charge is 0.480 e. The van der Waals surface area contributed by atoms with Gasteiger partial charge in [0.15, 0.2) is 0 Å². The third kappa shape index (κ3) is 1.79. The summed E-state index contributed by atoms with van der Waals surface area (Å²) in [5.74, 6) is -0.909. The number of aliphatic carboxylic acids is 1. The van der Waals surface area contributed by atoms with E-state index in [1.807, 2.05) is 0 Å². The zero-order valence-electron chi connectivity index (χ0n) is 12.6. The standard InChI is InChI=1S/C15H25NO3/c1-13(2)10(14(13,3)4)11(17)16-9-7-6-8-15(16,5)12(18)19/h10H,6-9H2,1-5H3,(H,18,19).